The van der Waals surface area contributed by atoms with Crippen LogP contribution in [-0.2, 0) is 9.53 Å². The van der Waals surface area contributed by atoms with Gasteiger partial charge in [0.15, 0.2) is 0 Å². The standard InChI is InChI=1S/C22H23BrNO2P/c23-27(17-16-26-22(25)18-24,19-10-4-1-5-11-19,20-12-6-2-7-13-20)21-14-8-3-9-15-21/h1-15H,16-18,24H2. The van der Waals surface area contributed by atoms with Gasteiger partial charge in [-0.05, 0) is 0 Å². The maximum atomic E-state index is 11.7. The molecule has 0 heterocycles. The molecular weight excluding hydrogens is 421 g/mol. The van der Waals surface area contributed by atoms with Gasteiger partial charge < -0.3 is 0 Å². The Bertz CT molecular complexity index is 789. The molecule has 3 aromatic rings. The molecule has 0 fully saturated rings. The van der Waals surface area contributed by atoms with Crippen molar-refractivity contribution in [1.82, 2.24) is 0 Å². The topological polar surface area (TPSA) is 52.3 Å². The molecule has 2 N–H and O–H groups in total. The molecule has 0 saturated heterocycles. The molecule has 5 heteroatoms. The predicted molar refractivity (Wildman–Crippen MR) is 119 cm³/mol. The van der Waals surface area contributed by atoms with Gasteiger partial charge in [-0.2, -0.15) is 0 Å². The Morgan fingerprint density at radius 2 is 1.15 bits per heavy atom. The molecule has 3 rings (SSSR count). The molecule has 3 nitrogen and oxygen atoms in total. The Hall–Kier alpha value is -2.00. The number of carbonyl (C=O) groups excluding carboxylic acids is 1. The summed E-state index contributed by atoms with van der Waals surface area (Å²) in [5.74, 6) is -0.387. The minimum atomic E-state index is -3.02. The number of hydrogen-bond acceptors (Lipinski definition) is 3. The fraction of sp³-hybridized carbons (Fsp3) is 0.136. The Balaban J connectivity index is 2.24. The molecule has 140 valence electrons. The van der Waals surface area contributed by atoms with Crippen LogP contribution in [0.3, 0.4) is 0 Å². The molecule has 0 atom stereocenters. The van der Waals surface area contributed by atoms with Crippen LogP contribution in [-0.4, -0.2) is 25.3 Å². The number of ether oxygens (including phenoxy) is 1. The normalized spacial score (nSPS) is 12.7. The second-order valence-electron chi connectivity index (χ2n) is 6.34. The molecule has 3 aromatic carbocycles. The van der Waals surface area contributed by atoms with E-state index in [0.29, 0.717) is 6.16 Å². The van der Waals surface area contributed by atoms with Crippen LogP contribution in [0.1, 0.15) is 0 Å². The van der Waals surface area contributed by atoms with E-state index in [-0.39, 0.29) is 19.1 Å². The first-order valence-corrected chi connectivity index (χ1v) is 13.3. The Morgan fingerprint density at radius 3 is 1.48 bits per heavy atom. The number of benzene rings is 3. The van der Waals surface area contributed by atoms with Gasteiger partial charge in [-0.3, -0.25) is 0 Å². The summed E-state index contributed by atoms with van der Waals surface area (Å²) in [6.45, 7) is 0.179. The molecule has 0 aliphatic carbocycles. The van der Waals surface area contributed by atoms with Crippen molar-refractivity contribution >= 4 is 42.7 Å². The minimum absolute atomic E-state index is 0.111. The number of hydrogen-bond donors (Lipinski definition) is 1. The summed E-state index contributed by atoms with van der Waals surface area (Å²) in [6, 6.07) is 31.3. The molecule has 0 saturated carbocycles. The fourth-order valence-electron chi connectivity index (χ4n) is 3.44. The van der Waals surface area contributed by atoms with Gasteiger partial charge >= 0.3 is 168 Å². The van der Waals surface area contributed by atoms with Gasteiger partial charge in [0, 0.05) is 0 Å². The second kappa shape index (κ2) is 8.35. The fourth-order valence-corrected chi connectivity index (χ4v) is 10.5. The zero-order valence-electron chi connectivity index (χ0n) is 15.0. The Morgan fingerprint density at radius 1 is 0.778 bits per heavy atom. The molecule has 0 aliphatic rings. The van der Waals surface area contributed by atoms with Crippen LogP contribution in [0.15, 0.2) is 91.0 Å². The van der Waals surface area contributed by atoms with Crippen molar-refractivity contribution in [2.24, 2.45) is 5.73 Å². The SMILES string of the molecule is NCC(=O)OCCP(Br)(c1ccccc1)(c1ccccc1)c1ccccc1. The van der Waals surface area contributed by atoms with Crippen LogP contribution >= 0.6 is 20.8 Å². The molecule has 27 heavy (non-hydrogen) atoms. The number of halogens is 1. The summed E-state index contributed by atoms with van der Waals surface area (Å²) in [6.07, 6.45) is 0.648. The van der Waals surface area contributed by atoms with Crippen LogP contribution < -0.4 is 21.6 Å². The second-order valence-corrected chi connectivity index (χ2v) is 15.4. The van der Waals surface area contributed by atoms with Crippen LogP contribution in [0.2, 0.25) is 0 Å². The average molecular weight is 444 g/mol. The first kappa shape index (κ1) is 19.8. The zero-order chi connectivity index (χ0) is 19.2. The summed E-state index contributed by atoms with van der Waals surface area (Å²) in [7, 11) is 0. The van der Waals surface area contributed by atoms with E-state index in [1.165, 1.54) is 15.9 Å². The summed E-state index contributed by atoms with van der Waals surface area (Å²) in [4.78, 5) is 11.7. The van der Waals surface area contributed by atoms with Gasteiger partial charge in [0.1, 0.15) is 0 Å². The number of rotatable bonds is 7. The van der Waals surface area contributed by atoms with Crippen molar-refractivity contribution in [1.29, 1.82) is 0 Å². The summed E-state index contributed by atoms with van der Waals surface area (Å²) in [5.41, 5.74) is 5.41. The molecule has 0 bridgehead atoms. The van der Waals surface area contributed by atoms with Crippen LogP contribution in [0.4, 0.5) is 0 Å². The van der Waals surface area contributed by atoms with E-state index in [1.54, 1.807) is 0 Å². The van der Waals surface area contributed by atoms with Crippen molar-refractivity contribution in [3.8, 4) is 0 Å². The van der Waals surface area contributed by atoms with Gasteiger partial charge in [0.05, 0.1) is 0 Å². The summed E-state index contributed by atoms with van der Waals surface area (Å²) >= 11 is 4.30. The monoisotopic (exact) mass is 443 g/mol. The number of nitrogens with two attached hydrogens (primary N) is 1. The van der Waals surface area contributed by atoms with Gasteiger partial charge in [0.2, 0.25) is 0 Å². The van der Waals surface area contributed by atoms with E-state index in [2.05, 4.69) is 88.3 Å². The van der Waals surface area contributed by atoms with E-state index in [9.17, 15) is 4.79 Å². The van der Waals surface area contributed by atoms with Gasteiger partial charge in [-0.25, -0.2) is 0 Å². The summed E-state index contributed by atoms with van der Waals surface area (Å²) in [5, 5.41) is 0.576. The predicted octanol–water partition coefficient (Wildman–Crippen LogP) is 3.33. The van der Waals surface area contributed by atoms with Crippen molar-refractivity contribution in [2.75, 3.05) is 19.3 Å². The van der Waals surface area contributed by atoms with E-state index in [1.807, 2.05) is 18.2 Å². The van der Waals surface area contributed by atoms with Crippen molar-refractivity contribution in [3.05, 3.63) is 91.0 Å². The average Bonchev–Trinajstić information content (AvgIpc) is 2.75. The van der Waals surface area contributed by atoms with Crippen molar-refractivity contribution in [3.63, 3.8) is 0 Å². The first-order chi connectivity index (χ1) is 13.1. The van der Waals surface area contributed by atoms with Crippen LogP contribution in [0.5, 0.6) is 0 Å². The van der Waals surface area contributed by atoms with E-state index in [4.69, 9.17) is 10.5 Å². The summed E-state index contributed by atoms with van der Waals surface area (Å²) < 4.78 is 5.42. The Kier molecular flexibility index (Phi) is 6.11. The van der Waals surface area contributed by atoms with E-state index >= 15 is 0 Å². The Labute approximate surface area is 168 Å². The van der Waals surface area contributed by atoms with Crippen LogP contribution in [0, 0.1) is 0 Å². The van der Waals surface area contributed by atoms with Crippen LogP contribution in [0.25, 0.3) is 0 Å². The quantitative estimate of drug-likeness (QED) is 0.450. The molecule has 0 aliphatic heterocycles. The van der Waals surface area contributed by atoms with Crippen molar-refractivity contribution in [2.45, 2.75) is 0 Å². The molecule has 0 radical (unpaired) electrons. The van der Waals surface area contributed by atoms with E-state index in [0.717, 1.165) is 0 Å². The van der Waals surface area contributed by atoms with Gasteiger partial charge in [-0.15, -0.1) is 0 Å². The molecule has 0 unspecified atom stereocenters. The zero-order valence-corrected chi connectivity index (χ0v) is 17.5. The molecular formula is C22H23BrNO2P. The third-order valence-corrected chi connectivity index (χ3v) is 14.7. The van der Waals surface area contributed by atoms with Gasteiger partial charge in [0.25, 0.3) is 0 Å². The molecule has 0 spiro atoms. The third kappa shape index (κ3) is 3.70. The number of carbonyl (C=O) groups is 1. The van der Waals surface area contributed by atoms with Crippen molar-refractivity contribution < 1.29 is 9.53 Å². The maximum absolute atomic E-state index is 11.7. The van der Waals surface area contributed by atoms with E-state index < -0.39 is 5.31 Å². The third-order valence-electron chi connectivity index (χ3n) is 4.82. The molecule has 0 aromatic heterocycles. The first-order valence-electron chi connectivity index (χ1n) is 8.85. The van der Waals surface area contributed by atoms with Gasteiger partial charge in [-0.1, -0.05) is 0 Å². The number of esters is 1. The molecule has 0 amide bonds.